The Morgan fingerprint density at radius 3 is 2.23 bits per heavy atom. The molecule has 2 N–H and O–H groups in total. The van der Waals surface area contributed by atoms with Gasteiger partial charge in [-0.3, -0.25) is 4.79 Å². The lowest BCUT2D eigenvalue weighted by atomic mass is 10.1. The Hall–Kier alpha value is -3.21. The molecule has 0 aliphatic rings. The molecule has 26 heavy (non-hydrogen) atoms. The third-order valence-electron chi connectivity index (χ3n) is 3.98. The van der Waals surface area contributed by atoms with E-state index in [-0.39, 0.29) is 5.91 Å². The van der Waals surface area contributed by atoms with E-state index in [1.165, 1.54) is 11.1 Å². The van der Waals surface area contributed by atoms with Crippen molar-refractivity contribution in [1.82, 2.24) is 10.2 Å². The molecule has 0 unspecified atom stereocenters. The minimum absolute atomic E-state index is 0.104. The van der Waals surface area contributed by atoms with Gasteiger partial charge in [0.1, 0.15) is 5.82 Å². The molecule has 132 valence electrons. The quantitative estimate of drug-likeness (QED) is 0.686. The van der Waals surface area contributed by atoms with Crippen molar-refractivity contribution in [1.29, 1.82) is 0 Å². The molecule has 1 amide bonds. The summed E-state index contributed by atoms with van der Waals surface area (Å²) in [6.45, 7) is 2.80. The van der Waals surface area contributed by atoms with Crippen molar-refractivity contribution in [2.24, 2.45) is 0 Å². The smallest absolute Gasteiger partial charge is 0.229 e. The number of carbonyl (C=O) groups excluding carboxylic acids is 1. The standard InChI is InChI=1S/C21H22N4O/c1-16-7-9-18(10-8-16)15-21(26)23-20-12-11-19(24-25-20)22-14-13-17-5-3-2-4-6-17/h2-12H,13-15H2,1H3,(H,22,24)(H,23,25,26). The Balaban J connectivity index is 1.46. The second-order valence-corrected chi connectivity index (χ2v) is 6.18. The van der Waals surface area contributed by atoms with Crippen LogP contribution in [-0.4, -0.2) is 22.6 Å². The molecule has 2 aromatic carbocycles. The zero-order valence-corrected chi connectivity index (χ0v) is 14.8. The molecule has 0 radical (unpaired) electrons. The first-order chi connectivity index (χ1) is 12.7. The third kappa shape index (κ3) is 5.41. The number of amides is 1. The van der Waals surface area contributed by atoms with Crippen LogP contribution < -0.4 is 10.6 Å². The zero-order chi connectivity index (χ0) is 18.2. The lowest BCUT2D eigenvalue weighted by Crippen LogP contribution is -2.16. The molecule has 1 heterocycles. The van der Waals surface area contributed by atoms with Crippen molar-refractivity contribution in [3.63, 3.8) is 0 Å². The van der Waals surface area contributed by atoms with Gasteiger partial charge in [-0.05, 0) is 36.6 Å². The molecule has 0 aliphatic heterocycles. The van der Waals surface area contributed by atoms with Crippen LogP contribution in [0.15, 0.2) is 66.7 Å². The molecule has 5 heteroatoms. The first kappa shape index (κ1) is 17.6. The highest BCUT2D eigenvalue weighted by atomic mass is 16.1. The summed E-state index contributed by atoms with van der Waals surface area (Å²) in [4.78, 5) is 12.1. The van der Waals surface area contributed by atoms with Gasteiger partial charge in [-0.15, -0.1) is 10.2 Å². The largest absolute Gasteiger partial charge is 0.368 e. The fraction of sp³-hybridized carbons (Fsp3) is 0.190. The van der Waals surface area contributed by atoms with Gasteiger partial charge in [0.2, 0.25) is 5.91 Å². The van der Waals surface area contributed by atoms with Crippen LogP contribution >= 0.6 is 0 Å². The van der Waals surface area contributed by atoms with E-state index in [1.54, 1.807) is 6.07 Å². The lowest BCUT2D eigenvalue weighted by Gasteiger charge is -2.07. The SMILES string of the molecule is Cc1ccc(CC(=O)Nc2ccc(NCCc3ccccc3)nn2)cc1. The fourth-order valence-electron chi connectivity index (χ4n) is 2.55. The van der Waals surface area contributed by atoms with Gasteiger partial charge in [0.25, 0.3) is 0 Å². The molecule has 0 saturated carbocycles. The van der Waals surface area contributed by atoms with Crippen LogP contribution in [0.5, 0.6) is 0 Å². The van der Waals surface area contributed by atoms with Crippen LogP contribution in [0.3, 0.4) is 0 Å². The van der Waals surface area contributed by atoms with Crippen molar-refractivity contribution in [2.45, 2.75) is 19.8 Å². The van der Waals surface area contributed by atoms with E-state index in [2.05, 4.69) is 33.0 Å². The Morgan fingerprint density at radius 1 is 0.846 bits per heavy atom. The summed E-state index contributed by atoms with van der Waals surface area (Å²) in [5, 5.41) is 14.2. The topological polar surface area (TPSA) is 66.9 Å². The number of hydrogen-bond acceptors (Lipinski definition) is 4. The number of nitrogens with zero attached hydrogens (tertiary/aromatic N) is 2. The van der Waals surface area contributed by atoms with Crippen LogP contribution in [-0.2, 0) is 17.6 Å². The van der Waals surface area contributed by atoms with Crippen LogP contribution in [0.4, 0.5) is 11.6 Å². The van der Waals surface area contributed by atoms with Crippen LogP contribution in [0.2, 0.25) is 0 Å². The Labute approximate surface area is 153 Å². The van der Waals surface area contributed by atoms with Gasteiger partial charge in [-0.25, -0.2) is 0 Å². The van der Waals surface area contributed by atoms with Gasteiger partial charge in [0.05, 0.1) is 6.42 Å². The number of nitrogens with one attached hydrogen (secondary N) is 2. The van der Waals surface area contributed by atoms with Gasteiger partial charge in [0.15, 0.2) is 5.82 Å². The highest BCUT2D eigenvalue weighted by Crippen LogP contribution is 2.09. The average molecular weight is 346 g/mol. The summed E-state index contributed by atoms with van der Waals surface area (Å²) in [5.41, 5.74) is 3.42. The molecule has 5 nitrogen and oxygen atoms in total. The van der Waals surface area contributed by atoms with Crippen molar-refractivity contribution in [2.75, 3.05) is 17.2 Å². The van der Waals surface area contributed by atoms with Gasteiger partial charge >= 0.3 is 0 Å². The van der Waals surface area contributed by atoms with Crippen molar-refractivity contribution < 1.29 is 4.79 Å². The number of aryl methyl sites for hydroxylation is 1. The number of hydrogen-bond donors (Lipinski definition) is 2. The van der Waals surface area contributed by atoms with E-state index in [9.17, 15) is 4.79 Å². The van der Waals surface area contributed by atoms with Crippen molar-refractivity contribution in [3.8, 4) is 0 Å². The van der Waals surface area contributed by atoms with Gasteiger partial charge in [-0.1, -0.05) is 60.2 Å². The van der Waals surface area contributed by atoms with E-state index in [0.29, 0.717) is 18.1 Å². The molecular weight excluding hydrogens is 324 g/mol. The third-order valence-corrected chi connectivity index (χ3v) is 3.98. The molecule has 0 saturated heterocycles. The second kappa shape index (κ2) is 8.76. The minimum atomic E-state index is -0.104. The maximum absolute atomic E-state index is 12.1. The summed E-state index contributed by atoms with van der Waals surface area (Å²) in [5.74, 6) is 1.04. The number of benzene rings is 2. The van der Waals surface area contributed by atoms with E-state index < -0.39 is 0 Å². The van der Waals surface area contributed by atoms with E-state index in [1.807, 2.05) is 55.5 Å². The van der Waals surface area contributed by atoms with E-state index in [4.69, 9.17) is 0 Å². The van der Waals surface area contributed by atoms with Crippen molar-refractivity contribution >= 4 is 17.5 Å². The fourth-order valence-corrected chi connectivity index (χ4v) is 2.55. The molecular formula is C21H22N4O. The van der Waals surface area contributed by atoms with E-state index >= 15 is 0 Å². The van der Waals surface area contributed by atoms with Crippen LogP contribution in [0, 0.1) is 6.92 Å². The summed E-state index contributed by atoms with van der Waals surface area (Å²) in [6.07, 6.45) is 1.23. The maximum Gasteiger partial charge on any atom is 0.229 e. The van der Waals surface area contributed by atoms with Gasteiger partial charge < -0.3 is 10.6 Å². The summed E-state index contributed by atoms with van der Waals surface area (Å²) in [6, 6.07) is 21.8. The number of carbonyl (C=O) groups is 1. The van der Waals surface area contributed by atoms with Crippen molar-refractivity contribution in [3.05, 3.63) is 83.4 Å². The maximum atomic E-state index is 12.1. The Morgan fingerprint density at radius 2 is 1.54 bits per heavy atom. The normalized spacial score (nSPS) is 10.3. The lowest BCUT2D eigenvalue weighted by molar-refractivity contribution is -0.115. The summed E-state index contributed by atoms with van der Waals surface area (Å²) in [7, 11) is 0. The molecule has 0 aliphatic carbocycles. The Kier molecular flexibility index (Phi) is 5.93. The summed E-state index contributed by atoms with van der Waals surface area (Å²) < 4.78 is 0. The molecule has 0 bridgehead atoms. The van der Waals surface area contributed by atoms with Crippen LogP contribution in [0.25, 0.3) is 0 Å². The predicted molar refractivity (Wildman–Crippen MR) is 104 cm³/mol. The summed E-state index contributed by atoms with van der Waals surface area (Å²) >= 11 is 0. The highest BCUT2D eigenvalue weighted by molar-refractivity contribution is 5.91. The first-order valence-electron chi connectivity index (χ1n) is 8.66. The van der Waals surface area contributed by atoms with E-state index in [0.717, 1.165) is 18.5 Å². The van der Waals surface area contributed by atoms with Gasteiger partial charge in [0, 0.05) is 6.54 Å². The first-order valence-corrected chi connectivity index (χ1v) is 8.66. The molecule has 3 aromatic rings. The number of rotatable bonds is 7. The second-order valence-electron chi connectivity index (χ2n) is 6.18. The molecule has 0 fully saturated rings. The molecule has 1 aromatic heterocycles. The monoisotopic (exact) mass is 346 g/mol. The molecule has 0 atom stereocenters. The molecule has 3 rings (SSSR count). The number of aromatic nitrogens is 2. The molecule has 0 spiro atoms. The Bertz CT molecular complexity index is 830. The highest BCUT2D eigenvalue weighted by Gasteiger charge is 2.06. The predicted octanol–water partition coefficient (Wildman–Crippen LogP) is 3.62. The minimum Gasteiger partial charge on any atom is -0.368 e. The van der Waals surface area contributed by atoms with Gasteiger partial charge in [-0.2, -0.15) is 0 Å². The van der Waals surface area contributed by atoms with Crippen LogP contribution in [0.1, 0.15) is 16.7 Å². The zero-order valence-electron chi connectivity index (χ0n) is 14.8. The number of anilines is 2. The average Bonchev–Trinajstić information content (AvgIpc) is 2.66.